The van der Waals surface area contributed by atoms with Crippen LogP contribution in [0.1, 0.15) is 36.3 Å². The molecule has 4 rings (SSSR count). The second kappa shape index (κ2) is 8.63. The number of esters is 1. The smallest absolute Gasteiger partial charge is 0.340 e. The Bertz CT molecular complexity index is 1100. The van der Waals surface area contributed by atoms with E-state index in [4.69, 9.17) is 19.9 Å². The molecule has 0 radical (unpaired) electrons. The van der Waals surface area contributed by atoms with Crippen LogP contribution in [0.2, 0.25) is 0 Å². The molecule has 0 fully saturated rings. The molecule has 0 saturated heterocycles. The van der Waals surface area contributed by atoms with Gasteiger partial charge in [0.25, 0.3) is 0 Å². The fourth-order valence-electron chi connectivity index (χ4n) is 4.01. The maximum Gasteiger partial charge on any atom is 0.340 e. The Morgan fingerprint density at radius 1 is 1.19 bits per heavy atom. The second-order valence-corrected chi connectivity index (χ2v) is 7.37. The van der Waals surface area contributed by atoms with Crippen molar-refractivity contribution in [1.82, 2.24) is 0 Å². The van der Waals surface area contributed by atoms with Gasteiger partial charge in [0.2, 0.25) is 5.88 Å². The SMILES string of the molecule is COC(=O)C1=C(N)OC2=C(C(=O)CCC2)[C@@H]1c1ccccc1OCc1cccc(F)c1. The predicted octanol–water partition coefficient (Wildman–Crippen LogP) is 3.87. The lowest BCUT2D eigenvalue weighted by atomic mass is 9.77. The number of para-hydroxylation sites is 1. The van der Waals surface area contributed by atoms with Crippen LogP contribution in [0.5, 0.6) is 5.75 Å². The molecule has 0 amide bonds. The van der Waals surface area contributed by atoms with Gasteiger partial charge in [-0.15, -0.1) is 0 Å². The highest BCUT2D eigenvalue weighted by Crippen LogP contribution is 2.46. The molecular weight excluding hydrogens is 401 g/mol. The number of nitrogens with two attached hydrogens (primary N) is 1. The van der Waals surface area contributed by atoms with E-state index in [1.807, 2.05) is 0 Å². The number of carbonyl (C=O) groups excluding carboxylic acids is 2. The minimum Gasteiger partial charge on any atom is -0.489 e. The van der Waals surface area contributed by atoms with Crippen LogP contribution in [0.3, 0.4) is 0 Å². The topological polar surface area (TPSA) is 87.9 Å². The Balaban J connectivity index is 1.78. The van der Waals surface area contributed by atoms with Gasteiger partial charge in [0.05, 0.1) is 13.0 Å². The number of hydrogen-bond acceptors (Lipinski definition) is 6. The average molecular weight is 423 g/mol. The van der Waals surface area contributed by atoms with Crippen LogP contribution >= 0.6 is 0 Å². The van der Waals surface area contributed by atoms with Crippen molar-refractivity contribution in [3.63, 3.8) is 0 Å². The molecule has 160 valence electrons. The zero-order valence-corrected chi connectivity index (χ0v) is 17.0. The Morgan fingerprint density at radius 3 is 2.77 bits per heavy atom. The van der Waals surface area contributed by atoms with E-state index in [0.29, 0.717) is 47.5 Å². The quantitative estimate of drug-likeness (QED) is 0.735. The van der Waals surface area contributed by atoms with E-state index in [-0.39, 0.29) is 29.7 Å². The van der Waals surface area contributed by atoms with Gasteiger partial charge in [-0.3, -0.25) is 4.79 Å². The lowest BCUT2D eigenvalue weighted by molar-refractivity contribution is -0.136. The van der Waals surface area contributed by atoms with Gasteiger partial charge in [0, 0.05) is 24.0 Å². The molecule has 2 N–H and O–H groups in total. The monoisotopic (exact) mass is 423 g/mol. The predicted molar refractivity (Wildman–Crippen MR) is 110 cm³/mol. The summed E-state index contributed by atoms with van der Waals surface area (Å²) in [5.41, 5.74) is 7.81. The van der Waals surface area contributed by atoms with Crippen LogP contribution in [0, 0.1) is 5.82 Å². The molecule has 1 heterocycles. The minimum atomic E-state index is -0.771. The molecule has 7 heteroatoms. The highest BCUT2D eigenvalue weighted by atomic mass is 19.1. The van der Waals surface area contributed by atoms with Gasteiger partial charge in [-0.25, -0.2) is 9.18 Å². The van der Waals surface area contributed by atoms with Crippen molar-refractivity contribution in [2.24, 2.45) is 5.73 Å². The summed E-state index contributed by atoms with van der Waals surface area (Å²) in [6, 6.07) is 13.2. The molecule has 2 aromatic carbocycles. The summed E-state index contributed by atoms with van der Waals surface area (Å²) in [6.07, 6.45) is 1.57. The summed E-state index contributed by atoms with van der Waals surface area (Å²) >= 11 is 0. The summed E-state index contributed by atoms with van der Waals surface area (Å²) in [5.74, 6) is -1.04. The van der Waals surface area contributed by atoms with Gasteiger partial charge >= 0.3 is 5.97 Å². The van der Waals surface area contributed by atoms with E-state index in [2.05, 4.69) is 0 Å². The fourth-order valence-corrected chi connectivity index (χ4v) is 4.01. The number of rotatable bonds is 5. The van der Waals surface area contributed by atoms with Crippen LogP contribution in [0.25, 0.3) is 0 Å². The molecule has 0 unspecified atom stereocenters. The van der Waals surface area contributed by atoms with E-state index < -0.39 is 11.9 Å². The number of halogens is 1. The third-order valence-electron chi connectivity index (χ3n) is 5.40. The number of Topliss-reactive ketones (excluding diaryl/α,β-unsaturated/α-hetero) is 1. The summed E-state index contributed by atoms with van der Waals surface area (Å²) < 4.78 is 30.1. The zero-order chi connectivity index (χ0) is 22.0. The molecule has 2 aromatic rings. The van der Waals surface area contributed by atoms with Gasteiger partial charge in [-0.2, -0.15) is 0 Å². The van der Waals surface area contributed by atoms with Crippen molar-refractivity contribution in [3.05, 3.63) is 88.3 Å². The molecule has 0 saturated carbocycles. The van der Waals surface area contributed by atoms with E-state index in [9.17, 15) is 14.0 Å². The standard InChI is InChI=1S/C24H22FNO5/c1-29-24(28)22-20(21-17(27)9-5-11-19(21)31-23(22)26)16-8-2-3-10-18(16)30-13-14-6-4-7-15(25)12-14/h2-4,6-8,10,12,20H,5,9,11,13,26H2,1H3/t20-/m0/s1. The number of hydrogen-bond donors (Lipinski definition) is 1. The highest BCUT2D eigenvalue weighted by Gasteiger charge is 2.42. The first-order chi connectivity index (χ1) is 15.0. The van der Waals surface area contributed by atoms with Gasteiger partial charge in [0.1, 0.15) is 29.5 Å². The highest BCUT2D eigenvalue weighted by molar-refractivity contribution is 6.03. The summed E-state index contributed by atoms with van der Waals surface area (Å²) in [5, 5.41) is 0. The van der Waals surface area contributed by atoms with Crippen molar-refractivity contribution >= 4 is 11.8 Å². The molecule has 1 aliphatic carbocycles. The Kier molecular flexibility index (Phi) is 5.75. The summed E-state index contributed by atoms with van der Waals surface area (Å²) in [6.45, 7) is 0.116. The maximum atomic E-state index is 13.5. The molecule has 6 nitrogen and oxygen atoms in total. The zero-order valence-electron chi connectivity index (χ0n) is 17.0. The van der Waals surface area contributed by atoms with Crippen molar-refractivity contribution in [2.45, 2.75) is 31.8 Å². The molecule has 2 aliphatic rings. The van der Waals surface area contributed by atoms with Crippen molar-refractivity contribution in [2.75, 3.05) is 7.11 Å². The van der Waals surface area contributed by atoms with Crippen molar-refractivity contribution in [3.8, 4) is 5.75 Å². The number of ketones is 1. The first-order valence-corrected chi connectivity index (χ1v) is 9.97. The van der Waals surface area contributed by atoms with E-state index in [0.717, 1.165) is 0 Å². The van der Waals surface area contributed by atoms with Gasteiger partial charge < -0.3 is 19.9 Å². The summed E-state index contributed by atoms with van der Waals surface area (Å²) in [7, 11) is 1.25. The Labute approximate surface area is 179 Å². The summed E-state index contributed by atoms with van der Waals surface area (Å²) in [4.78, 5) is 25.5. The number of allylic oxidation sites excluding steroid dienone is 2. The van der Waals surface area contributed by atoms with Crippen LogP contribution in [-0.2, 0) is 25.7 Å². The molecular formula is C24H22FNO5. The second-order valence-electron chi connectivity index (χ2n) is 7.37. The first kappa shape index (κ1) is 20.7. The molecule has 0 aromatic heterocycles. The minimum absolute atomic E-state index is 0.0679. The number of benzene rings is 2. The molecule has 0 bridgehead atoms. The van der Waals surface area contributed by atoms with Crippen molar-refractivity contribution in [1.29, 1.82) is 0 Å². The molecule has 31 heavy (non-hydrogen) atoms. The first-order valence-electron chi connectivity index (χ1n) is 9.97. The van der Waals surface area contributed by atoms with E-state index in [1.54, 1.807) is 36.4 Å². The number of methoxy groups -OCH3 is 1. The van der Waals surface area contributed by atoms with E-state index >= 15 is 0 Å². The average Bonchev–Trinajstić information content (AvgIpc) is 2.77. The fraction of sp³-hybridized carbons (Fsp3) is 0.250. The lowest BCUT2D eigenvalue weighted by Gasteiger charge is -2.32. The largest absolute Gasteiger partial charge is 0.489 e. The normalized spacial score (nSPS) is 18.4. The Morgan fingerprint density at radius 2 is 2.00 bits per heavy atom. The van der Waals surface area contributed by atoms with Gasteiger partial charge in [0.15, 0.2) is 5.78 Å². The van der Waals surface area contributed by atoms with Crippen LogP contribution in [0.4, 0.5) is 4.39 Å². The third-order valence-corrected chi connectivity index (χ3v) is 5.40. The van der Waals surface area contributed by atoms with Gasteiger partial charge in [-0.05, 0) is 30.2 Å². The number of carbonyl (C=O) groups is 2. The third kappa shape index (κ3) is 4.03. The Hall–Kier alpha value is -3.61. The maximum absolute atomic E-state index is 13.5. The molecule has 1 aliphatic heterocycles. The van der Waals surface area contributed by atoms with Crippen molar-refractivity contribution < 1.29 is 28.2 Å². The van der Waals surface area contributed by atoms with Crippen LogP contribution in [0.15, 0.2) is 71.3 Å². The number of ether oxygens (including phenoxy) is 3. The van der Waals surface area contributed by atoms with Gasteiger partial charge in [-0.1, -0.05) is 30.3 Å². The van der Waals surface area contributed by atoms with Crippen LogP contribution < -0.4 is 10.5 Å². The molecule has 0 spiro atoms. The lowest BCUT2D eigenvalue weighted by Crippen LogP contribution is -2.31. The van der Waals surface area contributed by atoms with Crippen LogP contribution in [-0.4, -0.2) is 18.9 Å². The molecule has 1 atom stereocenters. The van der Waals surface area contributed by atoms with E-state index in [1.165, 1.54) is 19.2 Å².